The highest BCUT2D eigenvalue weighted by Crippen LogP contribution is 2.38. The number of aliphatic imine (C=N–C) groups is 1. The van der Waals surface area contributed by atoms with E-state index in [0.717, 1.165) is 16.8 Å². The lowest BCUT2D eigenvalue weighted by Gasteiger charge is -2.37. The fourth-order valence-corrected chi connectivity index (χ4v) is 3.97. The molecule has 2 aromatic rings. The first-order chi connectivity index (χ1) is 16.0. The van der Waals surface area contributed by atoms with Crippen LogP contribution in [0, 0.1) is 0 Å². The van der Waals surface area contributed by atoms with Gasteiger partial charge in [-0.15, -0.1) is 0 Å². The number of hydrogen-bond donors (Lipinski definition) is 1. The maximum absolute atomic E-state index is 12.7. The molecule has 8 nitrogen and oxygen atoms in total. The zero-order valence-electron chi connectivity index (χ0n) is 20.0. The third-order valence-electron chi connectivity index (χ3n) is 5.60. The van der Waals surface area contributed by atoms with E-state index in [1.165, 1.54) is 7.11 Å². The Labute approximate surface area is 194 Å². The van der Waals surface area contributed by atoms with Crippen molar-refractivity contribution in [3.63, 3.8) is 0 Å². The Kier molecular flexibility index (Phi) is 7.82. The maximum Gasteiger partial charge on any atom is 0.337 e. The fraction of sp³-hybridized carbons (Fsp3) is 0.360. The van der Waals surface area contributed by atoms with E-state index >= 15 is 0 Å². The van der Waals surface area contributed by atoms with Crippen LogP contribution in [0.25, 0.3) is 0 Å². The molecule has 1 aliphatic rings. The molecule has 1 atom stereocenters. The van der Waals surface area contributed by atoms with Gasteiger partial charge in [0.25, 0.3) is 0 Å². The molecular formula is C25H31N3O5. The number of carbonyl (C=O) groups is 1. The van der Waals surface area contributed by atoms with Crippen molar-refractivity contribution in [2.45, 2.75) is 26.4 Å². The van der Waals surface area contributed by atoms with Gasteiger partial charge in [-0.1, -0.05) is 30.3 Å². The van der Waals surface area contributed by atoms with E-state index in [-0.39, 0.29) is 12.0 Å². The van der Waals surface area contributed by atoms with Gasteiger partial charge < -0.3 is 29.2 Å². The average Bonchev–Trinajstić information content (AvgIpc) is 2.86. The molecule has 0 spiro atoms. The van der Waals surface area contributed by atoms with E-state index in [4.69, 9.17) is 23.9 Å². The molecule has 0 fully saturated rings. The molecule has 8 heteroatoms. The summed E-state index contributed by atoms with van der Waals surface area (Å²) in [6, 6.07) is 13.2. The molecule has 1 unspecified atom stereocenters. The molecule has 1 N–H and O–H groups in total. The van der Waals surface area contributed by atoms with Crippen molar-refractivity contribution < 1.29 is 23.7 Å². The quantitative estimate of drug-likeness (QED) is 0.611. The first-order valence-corrected chi connectivity index (χ1v) is 10.7. The Morgan fingerprint density at radius 3 is 2.18 bits per heavy atom. The molecule has 0 saturated heterocycles. The highest BCUT2D eigenvalue weighted by molar-refractivity contribution is 5.96. The van der Waals surface area contributed by atoms with E-state index in [2.05, 4.69) is 5.32 Å². The first kappa shape index (κ1) is 24.0. The minimum absolute atomic E-state index is 0.365. The molecule has 33 heavy (non-hydrogen) atoms. The minimum Gasteiger partial charge on any atom is -0.493 e. The monoisotopic (exact) mass is 453 g/mol. The maximum atomic E-state index is 12.7. The van der Waals surface area contributed by atoms with Crippen LogP contribution in [0.15, 0.2) is 58.7 Å². The van der Waals surface area contributed by atoms with Crippen molar-refractivity contribution in [2.24, 2.45) is 4.99 Å². The summed E-state index contributed by atoms with van der Waals surface area (Å²) >= 11 is 0. The lowest BCUT2D eigenvalue weighted by molar-refractivity contribution is -0.136. The van der Waals surface area contributed by atoms with Crippen LogP contribution in [0.2, 0.25) is 0 Å². The van der Waals surface area contributed by atoms with E-state index in [9.17, 15) is 4.79 Å². The molecule has 1 aliphatic heterocycles. The first-order valence-electron chi connectivity index (χ1n) is 10.7. The molecule has 2 aromatic carbocycles. The third kappa shape index (κ3) is 4.89. The van der Waals surface area contributed by atoms with E-state index in [1.54, 1.807) is 21.3 Å². The Bertz CT molecular complexity index is 1020. The van der Waals surface area contributed by atoms with E-state index in [1.807, 2.05) is 61.2 Å². The van der Waals surface area contributed by atoms with Gasteiger partial charge >= 0.3 is 5.97 Å². The van der Waals surface area contributed by atoms with Gasteiger partial charge in [0, 0.05) is 12.2 Å². The van der Waals surface area contributed by atoms with Crippen LogP contribution in [0.4, 0.5) is 0 Å². The van der Waals surface area contributed by atoms with Crippen LogP contribution in [-0.2, 0) is 16.1 Å². The van der Waals surface area contributed by atoms with Gasteiger partial charge in [0.15, 0.2) is 17.5 Å². The molecule has 0 aromatic heterocycles. The van der Waals surface area contributed by atoms with Crippen LogP contribution in [0.5, 0.6) is 17.2 Å². The summed E-state index contributed by atoms with van der Waals surface area (Å²) in [5, 5.41) is 3.45. The minimum atomic E-state index is -0.375. The number of nitrogens with zero attached hydrogens (tertiary/aromatic N) is 2. The van der Waals surface area contributed by atoms with Crippen LogP contribution in [0.3, 0.4) is 0 Å². The molecular weight excluding hydrogens is 422 g/mol. The number of nitrogens with one attached hydrogen (secondary N) is 1. The Morgan fingerprint density at radius 1 is 1.03 bits per heavy atom. The number of benzene rings is 2. The number of rotatable bonds is 8. The lowest BCUT2D eigenvalue weighted by Crippen LogP contribution is -2.49. The van der Waals surface area contributed by atoms with Gasteiger partial charge in [0.2, 0.25) is 5.75 Å². The molecule has 0 bridgehead atoms. The Morgan fingerprint density at radius 2 is 1.67 bits per heavy atom. The highest BCUT2D eigenvalue weighted by atomic mass is 16.5. The number of guanidine groups is 1. The molecule has 0 amide bonds. The molecule has 0 saturated carbocycles. The van der Waals surface area contributed by atoms with Crippen molar-refractivity contribution in [3.05, 3.63) is 64.9 Å². The average molecular weight is 454 g/mol. The lowest BCUT2D eigenvalue weighted by atomic mass is 9.95. The molecule has 3 rings (SSSR count). The van der Waals surface area contributed by atoms with Crippen molar-refractivity contribution in [1.82, 2.24) is 10.2 Å². The largest absolute Gasteiger partial charge is 0.493 e. The number of esters is 1. The van der Waals surface area contributed by atoms with E-state index in [0.29, 0.717) is 41.9 Å². The molecule has 176 valence electrons. The van der Waals surface area contributed by atoms with Gasteiger partial charge in [0.1, 0.15) is 0 Å². The van der Waals surface area contributed by atoms with Crippen molar-refractivity contribution >= 4 is 11.9 Å². The van der Waals surface area contributed by atoms with Crippen LogP contribution in [-0.4, -0.2) is 51.8 Å². The number of carbonyl (C=O) groups excluding carboxylic acids is 1. The third-order valence-corrected chi connectivity index (χ3v) is 5.60. The second-order valence-electron chi connectivity index (χ2n) is 7.40. The summed E-state index contributed by atoms with van der Waals surface area (Å²) in [6.07, 6.45) is 0. The van der Waals surface area contributed by atoms with Crippen LogP contribution in [0.1, 0.15) is 31.0 Å². The van der Waals surface area contributed by atoms with Gasteiger partial charge in [-0.25, -0.2) is 9.79 Å². The predicted octanol–water partition coefficient (Wildman–Crippen LogP) is 3.68. The zero-order chi connectivity index (χ0) is 24.0. The van der Waals surface area contributed by atoms with Gasteiger partial charge in [0.05, 0.1) is 46.6 Å². The second-order valence-corrected chi connectivity index (χ2v) is 7.40. The van der Waals surface area contributed by atoms with Gasteiger partial charge in [-0.3, -0.25) is 0 Å². The Hall–Kier alpha value is -3.68. The normalized spacial score (nSPS) is 17.0. The molecule has 0 radical (unpaired) electrons. The topological polar surface area (TPSA) is 81.6 Å². The molecule has 1 heterocycles. The number of allylic oxidation sites excluding steroid dienone is 1. The fourth-order valence-electron chi connectivity index (χ4n) is 3.97. The van der Waals surface area contributed by atoms with Crippen molar-refractivity contribution in [1.29, 1.82) is 0 Å². The number of hydrogen-bond acceptors (Lipinski definition) is 6. The van der Waals surface area contributed by atoms with Crippen molar-refractivity contribution in [3.8, 4) is 17.2 Å². The predicted molar refractivity (Wildman–Crippen MR) is 127 cm³/mol. The van der Waals surface area contributed by atoms with Crippen LogP contribution < -0.4 is 19.5 Å². The van der Waals surface area contributed by atoms with Gasteiger partial charge in [-0.05, 0) is 37.1 Å². The van der Waals surface area contributed by atoms with E-state index < -0.39 is 0 Å². The smallest absolute Gasteiger partial charge is 0.337 e. The zero-order valence-corrected chi connectivity index (χ0v) is 20.0. The van der Waals surface area contributed by atoms with Crippen molar-refractivity contribution in [2.75, 3.05) is 35.0 Å². The summed E-state index contributed by atoms with van der Waals surface area (Å²) in [7, 11) is 6.14. The number of methoxy groups -OCH3 is 4. The summed E-state index contributed by atoms with van der Waals surface area (Å²) < 4.78 is 21.4. The summed E-state index contributed by atoms with van der Waals surface area (Å²) in [6.45, 7) is 4.94. The summed E-state index contributed by atoms with van der Waals surface area (Å²) in [4.78, 5) is 19.5. The SMILES string of the molecule is CCN1C(=NCc2cc(OC)c(OC)c(OC)c2)NC(c2ccccc2)C(C(=O)OC)=C1C. The second kappa shape index (κ2) is 10.8. The molecule has 0 aliphatic carbocycles. The number of ether oxygens (including phenoxy) is 4. The Balaban J connectivity index is 2.02. The summed E-state index contributed by atoms with van der Waals surface area (Å²) in [5.74, 6) is 1.98. The van der Waals surface area contributed by atoms with Gasteiger partial charge in [-0.2, -0.15) is 0 Å². The highest BCUT2D eigenvalue weighted by Gasteiger charge is 2.34. The van der Waals surface area contributed by atoms with Crippen LogP contribution >= 0.6 is 0 Å². The standard InChI is InChI=1S/C25H31N3O5/c1-7-28-16(2)21(24(29)33-6)22(18-11-9-8-10-12-18)27-25(28)26-15-17-13-19(30-3)23(32-5)20(14-17)31-4/h8-14,22H,7,15H2,1-6H3,(H,26,27). The summed E-state index contributed by atoms with van der Waals surface area (Å²) in [5.41, 5.74) is 3.22.